The summed E-state index contributed by atoms with van der Waals surface area (Å²) in [6.07, 6.45) is 0. The fourth-order valence-electron chi connectivity index (χ4n) is 1.51. The Bertz CT molecular complexity index is 714. The molecule has 0 aliphatic carbocycles. The van der Waals surface area contributed by atoms with Crippen LogP contribution in [0.1, 0.15) is 11.1 Å². The van der Waals surface area contributed by atoms with Crippen LogP contribution in [0.15, 0.2) is 36.4 Å². The molecule has 0 aliphatic heterocycles. The second-order valence-corrected chi connectivity index (χ2v) is 4.10. The van der Waals surface area contributed by atoms with Crippen LogP contribution in [0.4, 0.5) is 5.69 Å². The Kier molecular flexibility index (Phi) is 3.56. The summed E-state index contributed by atoms with van der Waals surface area (Å²) >= 11 is 6.01. The van der Waals surface area contributed by atoms with Crippen LogP contribution in [0.2, 0.25) is 5.02 Å². The number of nitrogens with zero attached hydrogens (tertiary/aromatic N) is 2. The Morgan fingerprint density at radius 2 is 1.63 bits per heavy atom. The lowest BCUT2D eigenvalue weighted by Crippen LogP contribution is -1.93. The van der Waals surface area contributed by atoms with Gasteiger partial charge in [0.25, 0.3) is 0 Å². The first-order valence-corrected chi connectivity index (χ1v) is 5.69. The van der Waals surface area contributed by atoms with Crippen molar-refractivity contribution in [3.05, 3.63) is 52.5 Å². The second kappa shape index (κ2) is 5.30. The smallest absolute Gasteiger partial charge is 0.150 e. The van der Waals surface area contributed by atoms with E-state index in [2.05, 4.69) is 0 Å². The van der Waals surface area contributed by atoms with Crippen molar-refractivity contribution in [1.29, 1.82) is 10.5 Å². The highest BCUT2D eigenvalue weighted by molar-refractivity contribution is 6.32. The van der Waals surface area contributed by atoms with Gasteiger partial charge in [-0.15, -0.1) is 0 Å². The quantitative estimate of drug-likeness (QED) is 0.846. The van der Waals surface area contributed by atoms with Crippen molar-refractivity contribution in [1.82, 2.24) is 0 Å². The number of hydrogen-bond acceptors (Lipinski definition) is 4. The Balaban J connectivity index is 2.45. The fraction of sp³-hybridized carbons (Fsp3) is 0. The lowest BCUT2D eigenvalue weighted by Gasteiger charge is -2.10. The predicted octanol–water partition coefficient (Wildman–Crippen LogP) is 3.46. The van der Waals surface area contributed by atoms with Gasteiger partial charge in [0.1, 0.15) is 23.6 Å². The van der Waals surface area contributed by atoms with Gasteiger partial charge in [0.05, 0.1) is 21.8 Å². The van der Waals surface area contributed by atoms with Crippen molar-refractivity contribution in [2.45, 2.75) is 0 Å². The number of ether oxygens (including phenoxy) is 1. The lowest BCUT2D eigenvalue weighted by molar-refractivity contribution is 0.485. The van der Waals surface area contributed by atoms with Crippen LogP contribution in [0.25, 0.3) is 0 Å². The van der Waals surface area contributed by atoms with Gasteiger partial charge in [0.2, 0.25) is 0 Å². The molecule has 0 bridgehead atoms. The minimum atomic E-state index is 0.205. The van der Waals surface area contributed by atoms with E-state index in [9.17, 15) is 0 Å². The third-order valence-corrected chi connectivity index (χ3v) is 2.75. The molecule has 4 nitrogen and oxygen atoms in total. The molecule has 0 aliphatic rings. The van der Waals surface area contributed by atoms with Gasteiger partial charge in [-0.05, 0) is 18.2 Å². The van der Waals surface area contributed by atoms with Crippen LogP contribution < -0.4 is 10.5 Å². The summed E-state index contributed by atoms with van der Waals surface area (Å²) in [5.41, 5.74) is 6.63. The molecule has 0 saturated carbocycles. The minimum Gasteiger partial charge on any atom is -0.454 e. The molecular weight excluding hydrogens is 262 g/mol. The largest absolute Gasteiger partial charge is 0.454 e. The molecule has 0 amide bonds. The number of hydrogen-bond donors (Lipinski definition) is 1. The summed E-state index contributed by atoms with van der Waals surface area (Å²) in [7, 11) is 0. The van der Waals surface area contributed by atoms with E-state index in [1.54, 1.807) is 24.3 Å². The van der Waals surface area contributed by atoms with E-state index in [1.807, 2.05) is 12.1 Å². The number of benzene rings is 2. The third kappa shape index (κ3) is 2.60. The number of rotatable bonds is 2. The number of para-hydroxylation sites is 2. The van der Waals surface area contributed by atoms with Gasteiger partial charge in [0.15, 0.2) is 0 Å². The molecule has 0 spiro atoms. The minimum absolute atomic E-state index is 0.205. The highest BCUT2D eigenvalue weighted by Gasteiger charge is 2.11. The van der Waals surface area contributed by atoms with E-state index < -0.39 is 0 Å². The van der Waals surface area contributed by atoms with Crippen molar-refractivity contribution in [2.75, 3.05) is 5.73 Å². The molecule has 2 aromatic carbocycles. The molecule has 2 N–H and O–H groups in total. The van der Waals surface area contributed by atoms with E-state index in [0.717, 1.165) is 0 Å². The number of nitrogens with two attached hydrogens (primary N) is 1. The second-order valence-electron chi connectivity index (χ2n) is 3.69. The number of halogens is 1. The summed E-state index contributed by atoms with van der Waals surface area (Å²) in [5, 5.41) is 18.1. The normalized spacial score (nSPS) is 9.42. The van der Waals surface area contributed by atoms with Crippen LogP contribution in [0.3, 0.4) is 0 Å². The van der Waals surface area contributed by atoms with Gasteiger partial charge >= 0.3 is 0 Å². The lowest BCUT2D eigenvalue weighted by atomic mass is 10.1. The first-order valence-electron chi connectivity index (χ1n) is 5.32. The highest BCUT2D eigenvalue weighted by Crippen LogP contribution is 2.34. The Morgan fingerprint density at radius 3 is 2.26 bits per heavy atom. The Morgan fingerprint density at radius 1 is 1.00 bits per heavy atom. The molecule has 0 heterocycles. The van der Waals surface area contributed by atoms with Crippen molar-refractivity contribution in [3.63, 3.8) is 0 Å². The fourth-order valence-corrected chi connectivity index (χ4v) is 1.71. The molecule has 0 radical (unpaired) electrons. The average Bonchev–Trinajstić information content (AvgIpc) is 2.42. The molecule has 0 saturated heterocycles. The first kappa shape index (κ1) is 12.8. The van der Waals surface area contributed by atoms with Crippen molar-refractivity contribution < 1.29 is 4.74 Å². The molecule has 0 aromatic heterocycles. The zero-order valence-electron chi connectivity index (χ0n) is 9.72. The van der Waals surface area contributed by atoms with Gasteiger partial charge in [-0.25, -0.2) is 0 Å². The monoisotopic (exact) mass is 269 g/mol. The molecule has 0 fully saturated rings. The number of nitrogen functional groups attached to an aromatic ring is 1. The molecular formula is C14H8ClN3O. The van der Waals surface area contributed by atoms with Crippen molar-refractivity contribution in [2.24, 2.45) is 0 Å². The third-order valence-electron chi connectivity index (χ3n) is 2.45. The summed E-state index contributed by atoms with van der Waals surface area (Å²) in [6, 6.07) is 13.6. The van der Waals surface area contributed by atoms with Crippen LogP contribution in [-0.2, 0) is 0 Å². The molecule has 2 rings (SSSR count). The van der Waals surface area contributed by atoms with Crippen LogP contribution in [0, 0.1) is 22.7 Å². The van der Waals surface area contributed by atoms with Gasteiger partial charge in [-0.2, -0.15) is 10.5 Å². The van der Waals surface area contributed by atoms with Gasteiger partial charge < -0.3 is 10.5 Å². The molecule has 19 heavy (non-hydrogen) atoms. The maximum Gasteiger partial charge on any atom is 0.150 e. The highest BCUT2D eigenvalue weighted by atomic mass is 35.5. The molecule has 0 atom stereocenters. The molecule has 0 unspecified atom stereocenters. The molecule has 2 aromatic rings. The van der Waals surface area contributed by atoms with Gasteiger partial charge in [0, 0.05) is 6.07 Å². The summed E-state index contributed by atoms with van der Waals surface area (Å²) < 4.78 is 5.56. The number of nitriles is 2. The van der Waals surface area contributed by atoms with Gasteiger partial charge in [-0.3, -0.25) is 0 Å². The van der Waals surface area contributed by atoms with E-state index in [-0.39, 0.29) is 21.9 Å². The first-order chi connectivity index (χ1) is 9.15. The Hall–Kier alpha value is -2.69. The summed E-state index contributed by atoms with van der Waals surface area (Å²) in [4.78, 5) is 0. The molecule has 92 valence electrons. The summed E-state index contributed by atoms with van der Waals surface area (Å²) in [5.74, 6) is 0.730. The van der Waals surface area contributed by atoms with Gasteiger partial charge in [-0.1, -0.05) is 23.7 Å². The van der Waals surface area contributed by atoms with E-state index in [1.165, 1.54) is 12.1 Å². The average molecular weight is 270 g/mol. The maximum absolute atomic E-state index is 8.96. The molecule has 5 heteroatoms. The number of anilines is 1. The van der Waals surface area contributed by atoms with Crippen molar-refractivity contribution in [3.8, 4) is 23.6 Å². The summed E-state index contributed by atoms with van der Waals surface area (Å²) in [6.45, 7) is 0. The van der Waals surface area contributed by atoms with E-state index >= 15 is 0 Å². The van der Waals surface area contributed by atoms with Crippen LogP contribution in [0.5, 0.6) is 11.5 Å². The standard InChI is InChI=1S/C14H8ClN3O/c15-11-5-9(7-16)10(8-17)6-14(11)19-13-4-2-1-3-12(13)18/h1-6H,18H2. The maximum atomic E-state index is 8.96. The zero-order chi connectivity index (χ0) is 13.8. The SMILES string of the molecule is N#Cc1cc(Cl)c(Oc2ccccc2N)cc1C#N. The topological polar surface area (TPSA) is 82.8 Å². The predicted molar refractivity (Wildman–Crippen MR) is 71.8 cm³/mol. The van der Waals surface area contributed by atoms with E-state index in [0.29, 0.717) is 11.4 Å². The van der Waals surface area contributed by atoms with Crippen LogP contribution in [-0.4, -0.2) is 0 Å². The van der Waals surface area contributed by atoms with Crippen LogP contribution >= 0.6 is 11.6 Å². The van der Waals surface area contributed by atoms with Crippen molar-refractivity contribution >= 4 is 17.3 Å². The van der Waals surface area contributed by atoms with E-state index in [4.69, 9.17) is 32.6 Å². The Labute approximate surface area is 115 Å². The zero-order valence-corrected chi connectivity index (χ0v) is 10.5.